The number of anilines is 1. The summed E-state index contributed by atoms with van der Waals surface area (Å²) >= 11 is 3.38. The van der Waals surface area contributed by atoms with Crippen LogP contribution in [0.3, 0.4) is 0 Å². The summed E-state index contributed by atoms with van der Waals surface area (Å²) < 4.78 is 6.50. The monoisotopic (exact) mass is 288 g/mol. The van der Waals surface area contributed by atoms with Gasteiger partial charge in [-0.1, -0.05) is 12.1 Å². The molecule has 0 heterocycles. The Bertz CT molecular complexity index is 590. The van der Waals surface area contributed by atoms with E-state index in [0.717, 1.165) is 4.47 Å². The number of para-hydroxylation sites is 1. The Morgan fingerprint density at radius 1 is 1.12 bits per heavy atom. The average Bonchev–Trinajstić information content (AvgIpc) is 2.34. The van der Waals surface area contributed by atoms with Gasteiger partial charge in [-0.05, 0) is 46.3 Å². The molecular formula is C13H9BrN2O. The summed E-state index contributed by atoms with van der Waals surface area (Å²) in [5, 5.41) is 8.99. The molecule has 0 spiro atoms. The van der Waals surface area contributed by atoms with Crippen LogP contribution in [-0.2, 0) is 0 Å². The van der Waals surface area contributed by atoms with Crippen molar-refractivity contribution in [1.82, 2.24) is 0 Å². The van der Waals surface area contributed by atoms with Gasteiger partial charge in [-0.25, -0.2) is 0 Å². The highest BCUT2D eigenvalue weighted by Crippen LogP contribution is 2.31. The highest BCUT2D eigenvalue weighted by atomic mass is 79.9. The van der Waals surface area contributed by atoms with Gasteiger partial charge in [-0.15, -0.1) is 0 Å². The molecule has 0 fully saturated rings. The van der Waals surface area contributed by atoms with E-state index < -0.39 is 0 Å². The van der Waals surface area contributed by atoms with Crippen molar-refractivity contribution in [1.29, 1.82) is 5.26 Å². The molecule has 0 bridgehead atoms. The summed E-state index contributed by atoms with van der Waals surface area (Å²) in [5.41, 5.74) is 6.57. The number of nitrogens with zero attached hydrogens (tertiary/aromatic N) is 1. The van der Waals surface area contributed by atoms with Crippen LogP contribution in [0.1, 0.15) is 5.56 Å². The van der Waals surface area contributed by atoms with Crippen LogP contribution in [0.25, 0.3) is 0 Å². The molecule has 0 amide bonds. The first-order valence-corrected chi connectivity index (χ1v) is 5.72. The van der Waals surface area contributed by atoms with E-state index >= 15 is 0 Å². The second-order valence-corrected chi connectivity index (χ2v) is 4.25. The van der Waals surface area contributed by atoms with E-state index in [0.29, 0.717) is 22.7 Å². The third-order valence-electron chi connectivity index (χ3n) is 2.18. The summed E-state index contributed by atoms with van der Waals surface area (Å²) in [7, 11) is 0. The van der Waals surface area contributed by atoms with Gasteiger partial charge in [-0.3, -0.25) is 0 Å². The van der Waals surface area contributed by atoms with E-state index in [1.165, 1.54) is 0 Å². The van der Waals surface area contributed by atoms with Crippen molar-refractivity contribution >= 4 is 21.6 Å². The highest BCUT2D eigenvalue weighted by molar-refractivity contribution is 9.10. The third-order valence-corrected chi connectivity index (χ3v) is 2.84. The van der Waals surface area contributed by atoms with Crippen LogP contribution < -0.4 is 10.5 Å². The summed E-state index contributed by atoms with van der Waals surface area (Å²) in [6, 6.07) is 14.5. The molecule has 0 atom stereocenters. The molecule has 17 heavy (non-hydrogen) atoms. The molecule has 0 aliphatic rings. The Morgan fingerprint density at radius 2 is 1.88 bits per heavy atom. The van der Waals surface area contributed by atoms with Crippen molar-refractivity contribution in [3.63, 3.8) is 0 Å². The molecule has 0 unspecified atom stereocenters. The number of halogens is 1. The Hall–Kier alpha value is -1.99. The van der Waals surface area contributed by atoms with Gasteiger partial charge in [0.1, 0.15) is 17.6 Å². The standard InChI is InChI=1S/C13H9BrN2O/c14-11-3-1-2-4-13(11)17-12-6-5-10(16)7-9(12)8-15/h1-7H,16H2. The summed E-state index contributed by atoms with van der Waals surface area (Å²) in [6.45, 7) is 0. The number of hydrogen-bond donors (Lipinski definition) is 1. The maximum Gasteiger partial charge on any atom is 0.145 e. The predicted molar refractivity (Wildman–Crippen MR) is 69.8 cm³/mol. The van der Waals surface area contributed by atoms with Crippen LogP contribution in [0.2, 0.25) is 0 Å². The zero-order valence-electron chi connectivity index (χ0n) is 8.85. The van der Waals surface area contributed by atoms with Crippen molar-refractivity contribution < 1.29 is 4.74 Å². The van der Waals surface area contributed by atoms with Gasteiger partial charge in [0, 0.05) is 5.69 Å². The number of rotatable bonds is 2. The molecule has 4 heteroatoms. The lowest BCUT2D eigenvalue weighted by molar-refractivity contribution is 0.478. The molecule has 0 radical (unpaired) electrons. The molecule has 2 aromatic carbocycles. The molecule has 0 aromatic heterocycles. The number of nitrogen functional groups attached to an aromatic ring is 1. The van der Waals surface area contributed by atoms with Gasteiger partial charge in [-0.2, -0.15) is 5.26 Å². The van der Waals surface area contributed by atoms with Crippen molar-refractivity contribution in [3.05, 3.63) is 52.5 Å². The van der Waals surface area contributed by atoms with Gasteiger partial charge in [0.15, 0.2) is 0 Å². The lowest BCUT2D eigenvalue weighted by atomic mass is 10.2. The fourth-order valence-corrected chi connectivity index (χ4v) is 1.74. The summed E-state index contributed by atoms with van der Waals surface area (Å²) in [5.74, 6) is 1.15. The Labute approximate surface area is 108 Å². The minimum atomic E-state index is 0.417. The minimum absolute atomic E-state index is 0.417. The Morgan fingerprint density at radius 3 is 2.59 bits per heavy atom. The lowest BCUT2D eigenvalue weighted by Crippen LogP contribution is -1.91. The van der Waals surface area contributed by atoms with Crippen LogP contribution in [0.5, 0.6) is 11.5 Å². The fourth-order valence-electron chi connectivity index (χ4n) is 1.37. The number of nitriles is 1. The van der Waals surface area contributed by atoms with Crippen LogP contribution in [0.15, 0.2) is 46.9 Å². The normalized spacial score (nSPS) is 9.65. The van der Waals surface area contributed by atoms with Gasteiger partial charge in [0.05, 0.1) is 10.0 Å². The number of benzene rings is 2. The van der Waals surface area contributed by atoms with E-state index in [9.17, 15) is 0 Å². The number of ether oxygens (including phenoxy) is 1. The quantitative estimate of drug-likeness (QED) is 0.858. The predicted octanol–water partition coefficient (Wildman–Crippen LogP) is 3.70. The molecule has 0 aliphatic carbocycles. The van der Waals surface area contributed by atoms with E-state index in [4.69, 9.17) is 15.7 Å². The van der Waals surface area contributed by atoms with Crippen molar-refractivity contribution in [2.75, 3.05) is 5.73 Å². The number of nitrogens with two attached hydrogens (primary N) is 1. The maximum absolute atomic E-state index is 8.99. The number of hydrogen-bond acceptors (Lipinski definition) is 3. The van der Waals surface area contributed by atoms with Crippen LogP contribution >= 0.6 is 15.9 Å². The lowest BCUT2D eigenvalue weighted by Gasteiger charge is -2.09. The smallest absolute Gasteiger partial charge is 0.145 e. The van der Waals surface area contributed by atoms with E-state index in [1.807, 2.05) is 24.3 Å². The molecule has 0 saturated carbocycles. The molecule has 0 saturated heterocycles. The topological polar surface area (TPSA) is 59.0 Å². The molecule has 2 N–H and O–H groups in total. The zero-order valence-corrected chi connectivity index (χ0v) is 10.4. The Kier molecular flexibility index (Phi) is 3.31. The van der Waals surface area contributed by atoms with Gasteiger partial charge in [0.25, 0.3) is 0 Å². The minimum Gasteiger partial charge on any atom is -0.455 e. The average molecular weight is 289 g/mol. The second-order valence-electron chi connectivity index (χ2n) is 3.40. The summed E-state index contributed by atoms with van der Waals surface area (Å²) in [6.07, 6.45) is 0. The van der Waals surface area contributed by atoms with Crippen LogP contribution in [-0.4, -0.2) is 0 Å². The molecule has 0 aliphatic heterocycles. The van der Waals surface area contributed by atoms with Crippen molar-refractivity contribution in [2.45, 2.75) is 0 Å². The Balaban J connectivity index is 2.37. The van der Waals surface area contributed by atoms with Gasteiger partial charge >= 0.3 is 0 Å². The molecular weight excluding hydrogens is 280 g/mol. The van der Waals surface area contributed by atoms with Crippen LogP contribution in [0, 0.1) is 11.3 Å². The molecule has 84 valence electrons. The zero-order chi connectivity index (χ0) is 12.3. The second kappa shape index (κ2) is 4.89. The first kappa shape index (κ1) is 11.5. The third kappa shape index (κ3) is 2.58. The summed E-state index contributed by atoms with van der Waals surface area (Å²) in [4.78, 5) is 0. The maximum atomic E-state index is 8.99. The first-order valence-electron chi connectivity index (χ1n) is 4.92. The van der Waals surface area contributed by atoms with Crippen molar-refractivity contribution in [3.8, 4) is 17.6 Å². The van der Waals surface area contributed by atoms with Crippen molar-refractivity contribution in [2.24, 2.45) is 0 Å². The van der Waals surface area contributed by atoms with Gasteiger partial charge < -0.3 is 10.5 Å². The van der Waals surface area contributed by atoms with E-state index in [-0.39, 0.29) is 0 Å². The van der Waals surface area contributed by atoms with E-state index in [2.05, 4.69) is 22.0 Å². The van der Waals surface area contributed by atoms with Crippen LogP contribution in [0.4, 0.5) is 5.69 Å². The largest absolute Gasteiger partial charge is 0.455 e. The highest BCUT2D eigenvalue weighted by Gasteiger charge is 2.07. The SMILES string of the molecule is N#Cc1cc(N)ccc1Oc1ccccc1Br. The van der Waals surface area contributed by atoms with E-state index in [1.54, 1.807) is 18.2 Å². The molecule has 2 rings (SSSR count). The van der Waals surface area contributed by atoms with Gasteiger partial charge in [0.2, 0.25) is 0 Å². The molecule has 3 nitrogen and oxygen atoms in total. The first-order chi connectivity index (χ1) is 8.20. The fraction of sp³-hybridized carbons (Fsp3) is 0. The molecule has 2 aromatic rings.